The van der Waals surface area contributed by atoms with E-state index in [1.165, 1.54) is 17.8 Å². The van der Waals surface area contributed by atoms with Crippen molar-refractivity contribution in [3.63, 3.8) is 0 Å². The number of benzene rings is 1. The summed E-state index contributed by atoms with van der Waals surface area (Å²) in [5.74, 6) is -0.314. The van der Waals surface area contributed by atoms with Crippen molar-refractivity contribution in [3.05, 3.63) is 57.5 Å². The van der Waals surface area contributed by atoms with Gasteiger partial charge in [0.2, 0.25) is 0 Å². The number of nitrogens with one attached hydrogen (secondary N) is 1. The van der Waals surface area contributed by atoms with E-state index in [1.54, 1.807) is 4.57 Å². The quantitative estimate of drug-likeness (QED) is 0.502. The van der Waals surface area contributed by atoms with Gasteiger partial charge in [-0.25, -0.2) is 13.8 Å². The van der Waals surface area contributed by atoms with Crippen LogP contribution in [0.1, 0.15) is 31.5 Å². The van der Waals surface area contributed by atoms with Gasteiger partial charge in [0.1, 0.15) is 17.2 Å². The largest absolute Gasteiger partial charge is 0.353 e. The zero-order valence-electron chi connectivity index (χ0n) is 15.0. The number of aromatic amines is 1. The van der Waals surface area contributed by atoms with Gasteiger partial charge >= 0.3 is 0 Å². The molecular weight excluding hydrogens is 356 g/mol. The highest BCUT2D eigenvalue weighted by Crippen LogP contribution is 2.24. The van der Waals surface area contributed by atoms with Gasteiger partial charge in [0.25, 0.3) is 5.56 Å². The molecule has 0 saturated heterocycles. The SMILES string of the molecule is Cc1cc2nc(SCc3cc(F)ccc3F)n(CCC(C)C)c(=O)c2[nH]1. The lowest BCUT2D eigenvalue weighted by atomic mass is 10.1. The Bertz CT molecular complexity index is 994. The minimum absolute atomic E-state index is 0.133. The summed E-state index contributed by atoms with van der Waals surface area (Å²) in [6, 6.07) is 5.20. The average Bonchev–Trinajstić information content (AvgIpc) is 2.95. The zero-order chi connectivity index (χ0) is 18.8. The molecule has 0 aliphatic heterocycles. The third-order valence-electron chi connectivity index (χ3n) is 4.13. The molecule has 1 N–H and O–H groups in total. The van der Waals surface area contributed by atoms with Crippen LogP contribution in [0.25, 0.3) is 11.0 Å². The van der Waals surface area contributed by atoms with E-state index >= 15 is 0 Å². The number of H-pyrrole nitrogens is 1. The molecule has 138 valence electrons. The van der Waals surface area contributed by atoms with Crippen LogP contribution < -0.4 is 5.56 Å². The monoisotopic (exact) mass is 377 g/mol. The van der Waals surface area contributed by atoms with Crippen LogP contribution in [0, 0.1) is 24.5 Å². The number of fused-ring (bicyclic) bond motifs is 1. The molecule has 0 aliphatic rings. The van der Waals surface area contributed by atoms with Crippen molar-refractivity contribution >= 4 is 22.8 Å². The van der Waals surface area contributed by atoms with Gasteiger partial charge in [0.05, 0.1) is 5.52 Å². The number of nitrogens with zero attached hydrogens (tertiary/aromatic N) is 2. The molecule has 3 rings (SSSR count). The predicted molar refractivity (Wildman–Crippen MR) is 100 cm³/mol. The van der Waals surface area contributed by atoms with Crippen LogP contribution in [0.3, 0.4) is 0 Å². The maximum atomic E-state index is 13.9. The molecule has 4 nitrogen and oxygen atoms in total. The number of hydrogen-bond donors (Lipinski definition) is 1. The van der Waals surface area contributed by atoms with Crippen LogP contribution in [0.4, 0.5) is 8.78 Å². The smallest absolute Gasteiger partial charge is 0.278 e. The zero-order valence-corrected chi connectivity index (χ0v) is 15.8. The molecule has 0 atom stereocenters. The fourth-order valence-corrected chi connectivity index (χ4v) is 3.70. The van der Waals surface area contributed by atoms with Gasteiger partial charge in [-0.2, -0.15) is 0 Å². The van der Waals surface area contributed by atoms with E-state index < -0.39 is 11.6 Å². The van der Waals surface area contributed by atoms with E-state index in [0.717, 1.165) is 24.2 Å². The molecule has 0 spiro atoms. The van der Waals surface area contributed by atoms with Gasteiger partial charge in [0.15, 0.2) is 5.16 Å². The lowest BCUT2D eigenvalue weighted by Crippen LogP contribution is -2.24. The third kappa shape index (κ3) is 3.98. The Balaban J connectivity index is 1.98. The van der Waals surface area contributed by atoms with E-state index in [4.69, 9.17) is 0 Å². The molecule has 0 saturated carbocycles. The Labute approximate surface area is 154 Å². The molecule has 0 fully saturated rings. The Kier molecular flexibility index (Phi) is 5.46. The second-order valence-corrected chi connectivity index (χ2v) is 7.71. The number of rotatable bonds is 6. The summed E-state index contributed by atoms with van der Waals surface area (Å²) in [7, 11) is 0. The van der Waals surface area contributed by atoms with Crippen molar-refractivity contribution in [1.29, 1.82) is 0 Å². The van der Waals surface area contributed by atoms with Crippen LogP contribution in [0.2, 0.25) is 0 Å². The topological polar surface area (TPSA) is 50.7 Å². The summed E-state index contributed by atoms with van der Waals surface area (Å²) in [6.45, 7) is 6.58. The summed E-state index contributed by atoms with van der Waals surface area (Å²) >= 11 is 1.24. The highest BCUT2D eigenvalue weighted by atomic mass is 32.2. The van der Waals surface area contributed by atoms with Crippen molar-refractivity contribution in [3.8, 4) is 0 Å². The first-order valence-electron chi connectivity index (χ1n) is 8.52. The summed E-state index contributed by atoms with van der Waals surface area (Å²) in [5.41, 5.74) is 2.05. The van der Waals surface area contributed by atoms with E-state index in [9.17, 15) is 13.6 Å². The van der Waals surface area contributed by atoms with Crippen LogP contribution in [-0.4, -0.2) is 14.5 Å². The van der Waals surface area contributed by atoms with Crippen LogP contribution in [-0.2, 0) is 12.3 Å². The van der Waals surface area contributed by atoms with Crippen molar-refractivity contribution in [1.82, 2.24) is 14.5 Å². The Morgan fingerprint density at radius 2 is 2.04 bits per heavy atom. The second kappa shape index (κ2) is 7.61. The highest BCUT2D eigenvalue weighted by molar-refractivity contribution is 7.98. The van der Waals surface area contributed by atoms with Gasteiger partial charge < -0.3 is 4.98 Å². The first-order valence-corrected chi connectivity index (χ1v) is 9.50. The number of aromatic nitrogens is 3. The molecule has 3 aromatic rings. The Morgan fingerprint density at radius 1 is 1.27 bits per heavy atom. The Morgan fingerprint density at radius 3 is 2.77 bits per heavy atom. The molecule has 2 aromatic heterocycles. The molecule has 1 aromatic carbocycles. The molecule has 2 heterocycles. The predicted octanol–water partition coefficient (Wildman–Crippen LogP) is 4.65. The average molecular weight is 377 g/mol. The highest BCUT2D eigenvalue weighted by Gasteiger charge is 2.15. The third-order valence-corrected chi connectivity index (χ3v) is 5.16. The molecule has 0 radical (unpaired) electrons. The molecule has 0 bridgehead atoms. The van der Waals surface area contributed by atoms with E-state index in [-0.39, 0.29) is 16.9 Å². The normalized spacial score (nSPS) is 11.6. The standard InChI is InChI=1S/C19H21F2N3OS/c1-11(2)6-7-24-18(25)17-16(8-12(3)22-17)23-19(24)26-10-13-9-14(20)4-5-15(13)21/h4-5,8-9,11,22H,6-7,10H2,1-3H3. The van der Waals surface area contributed by atoms with Gasteiger partial charge in [-0.15, -0.1) is 0 Å². The molecular formula is C19H21F2N3OS. The number of aryl methyl sites for hydroxylation is 1. The van der Waals surface area contributed by atoms with E-state index in [2.05, 4.69) is 23.8 Å². The fourth-order valence-electron chi connectivity index (χ4n) is 2.70. The number of hydrogen-bond acceptors (Lipinski definition) is 3. The van der Waals surface area contributed by atoms with Crippen molar-refractivity contribution in [2.24, 2.45) is 5.92 Å². The summed E-state index contributed by atoms with van der Waals surface area (Å²) in [4.78, 5) is 20.5. The number of halogens is 2. The van der Waals surface area contributed by atoms with Crippen LogP contribution in [0.15, 0.2) is 34.2 Å². The van der Waals surface area contributed by atoms with E-state index in [0.29, 0.717) is 28.7 Å². The van der Waals surface area contributed by atoms with Crippen molar-refractivity contribution in [2.45, 2.75) is 44.6 Å². The maximum absolute atomic E-state index is 13.9. The summed E-state index contributed by atoms with van der Waals surface area (Å²) in [6.07, 6.45) is 0.828. The van der Waals surface area contributed by atoms with Gasteiger partial charge in [-0.05, 0) is 43.5 Å². The minimum Gasteiger partial charge on any atom is -0.353 e. The van der Waals surface area contributed by atoms with Crippen LogP contribution in [0.5, 0.6) is 0 Å². The molecule has 0 amide bonds. The van der Waals surface area contributed by atoms with E-state index in [1.807, 2.05) is 13.0 Å². The summed E-state index contributed by atoms with van der Waals surface area (Å²) < 4.78 is 28.9. The summed E-state index contributed by atoms with van der Waals surface area (Å²) in [5, 5.41) is 0.519. The fraction of sp³-hybridized carbons (Fsp3) is 0.368. The second-order valence-electron chi connectivity index (χ2n) is 6.77. The number of thioether (sulfide) groups is 1. The lowest BCUT2D eigenvalue weighted by Gasteiger charge is -2.13. The van der Waals surface area contributed by atoms with Gasteiger partial charge in [0, 0.05) is 23.6 Å². The van der Waals surface area contributed by atoms with Crippen LogP contribution >= 0.6 is 11.8 Å². The molecule has 0 unspecified atom stereocenters. The Hall–Kier alpha value is -2.15. The van der Waals surface area contributed by atoms with Crippen molar-refractivity contribution in [2.75, 3.05) is 0 Å². The van der Waals surface area contributed by atoms with Crippen molar-refractivity contribution < 1.29 is 8.78 Å². The van der Waals surface area contributed by atoms with Gasteiger partial charge in [-0.3, -0.25) is 9.36 Å². The first kappa shape index (κ1) is 18.6. The molecule has 0 aliphatic carbocycles. The maximum Gasteiger partial charge on any atom is 0.278 e. The first-order chi connectivity index (χ1) is 12.3. The molecule has 7 heteroatoms. The van der Waals surface area contributed by atoms with Gasteiger partial charge in [-0.1, -0.05) is 25.6 Å². The molecule has 26 heavy (non-hydrogen) atoms. The lowest BCUT2D eigenvalue weighted by molar-refractivity contribution is 0.480. The minimum atomic E-state index is -0.483.